The Balaban J connectivity index is 2.92. The number of nitrogens with zero attached hydrogens (tertiary/aromatic N) is 1. The predicted octanol–water partition coefficient (Wildman–Crippen LogP) is 1.41. The molecule has 0 saturated heterocycles. The fraction of sp³-hybridized carbons (Fsp3) is 0.375. The Morgan fingerprint density at radius 2 is 2.17 bits per heavy atom. The lowest BCUT2D eigenvalue weighted by atomic mass is 10.2. The van der Waals surface area contributed by atoms with Crippen LogP contribution in [-0.4, -0.2) is 37.9 Å². The lowest BCUT2D eigenvalue weighted by molar-refractivity contribution is -0.112. The number of ether oxygens (including phenoxy) is 2. The van der Waals surface area contributed by atoms with Crippen molar-refractivity contribution in [1.82, 2.24) is 5.32 Å². The number of anilines is 1. The smallest absolute Gasteiger partial charge is 0.267 e. The Kier molecular flexibility index (Phi) is 7.43. The highest BCUT2D eigenvalue weighted by Crippen LogP contribution is 2.29. The molecule has 23 heavy (non-hydrogen) atoms. The summed E-state index contributed by atoms with van der Waals surface area (Å²) in [5.74, 6) is 0.415. The minimum Gasteiger partial charge on any atom is -0.497 e. The zero-order valence-corrected chi connectivity index (χ0v) is 13.4. The molecule has 0 aromatic heterocycles. The Bertz CT molecular complexity index is 604. The van der Waals surface area contributed by atoms with Gasteiger partial charge >= 0.3 is 0 Å². The molecule has 3 N–H and O–H groups in total. The highest BCUT2D eigenvalue weighted by molar-refractivity contribution is 6.07. The molecule has 1 unspecified atom stereocenters. The number of nitrogens with one attached hydrogen (secondary N) is 2. The summed E-state index contributed by atoms with van der Waals surface area (Å²) in [5, 5.41) is 23.7. The molecule has 0 fully saturated rings. The van der Waals surface area contributed by atoms with E-state index in [1.807, 2.05) is 13.0 Å². The number of benzene rings is 1. The van der Waals surface area contributed by atoms with Crippen molar-refractivity contribution < 1.29 is 19.4 Å². The van der Waals surface area contributed by atoms with Crippen LogP contribution in [0.15, 0.2) is 30.0 Å². The quantitative estimate of drug-likeness (QED) is 0.494. The van der Waals surface area contributed by atoms with Gasteiger partial charge in [-0.15, -0.1) is 0 Å². The van der Waals surface area contributed by atoms with Gasteiger partial charge in [0.1, 0.15) is 23.1 Å². The van der Waals surface area contributed by atoms with Crippen LogP contribution in [0, 0.1) is 11.3 Å². The third-order valence-corrected chi connectivity index (χ3v) is 3.20. The van der Waals surface area contributed by atoms with E-state index in [1.54, 1.807) is 18.2 Å². The molecule has 0 spiro atoms. The predicted molar refractivity (Wildman–Crippen MR) is 86.2 cm³/mol. The Morgan fingerprint density at radius 3 is 2.70 bits per heavy atom. The summed E-state index contributed by atoms with van der Waals surface area (Å²) in [6.07, 6.45) is 1.96. The summed E-state index contributed by atoms with van der Waals surface area (Å²) in [7, 11) is 2.99. The number of carbonyl (C=O) groups is 1. The lowest BCUT2D eigenvalue weighted by Gasteiger charge is -2.13. The van der Waals surface area contributed by atoms with Crippen LogP contribution in [0.3, 0.4) is 0 Å². The number of carbonyl (C=O) groups excluding carboxylic acids is 1. The van der Waals surface area contributed by atoms with Crippen LogP contribution < -0.4 is 20.1 Å². The number of methoxy groups -OCH3 is 2. The average molecular weight is 319 g/mol. The molecule has 0 bridgehead atoms. The number of nitriles is 1. The van der Waals surface area contributed by atoms with Gasteiger partial charge in [-0.3, -0.25) is 4.79 Å². The Labute approximate surface area is 135 Å². The summed E-state index contributed by atoms with van der Waals surface area (Å²) in [6.45, 7) is 1.80. The molecule has 0 radical (unpaired) electrons. The zero-order chi connectivity index (χ0) is 17.2. The fourth-order valence-corrected chi connectivity index (χ4v) is 1.75. The van der Waals surface area contributed by atoms with Crippen molar-refractivity contribution in [2.75, 3.05) is 26.1 Å². The molecular weight excluding hydrogens is 298 g/mol. The molecule has 1 aromatic carbocycles. The van der Waals surface area contributed by atoms with Gasteiger partial charge in [0, 0.05) is 18.3 Å². The summed E-state index contributed by atoms with van der Waals surface area (Å²) in [5.41, 5.74) is 0.286. The van der Waals surface area contributed by atoms with Gasteiger partial charge in [-0.2, -0.15) is 5.26 Å². The van der Waals surface area contributed by atoms with Crippen molar-refractivity contribution in [3.8, 4) is 17.6 Å². The zero-order valence-electron chi connectivity index (χ0n) is 13.4. The van der Waals surface area contributed by atoms with Gasteiger partial charge in [0.2, 0.25) is 0 Å². The topological polar surface area (TPSA) is 104 Å². The normalized spacial score (nSPS) is 12.0. The molecule has 0 heterocycles. The van der Waals surface area contributed by atoms with Gasteiger partial charge in [-0.05, 0) is 18.6 Å². The van der Waals surface area contributed by atoms with Gasteiger partial charge in [-0.25, -0.2) is 0 Å². The molecule has 0 aliphatic heterocycles. The molecule has 1 rings (SSSR count). The molecule has 0 aliphatic rings. The minimum atomic E-state index is -0.584. The molecule has 7 nitrogen and oxygen atoms in total. The molecule has 1 aromatic rings. The third kappa shape index (κ3) is 5.20. The first-order chi connectivity index (χ1) is 11.1. The molecule has 124 valence electrons. The van der Waals surface area contributed by atoms with E-state index in [1.165, 1.54) is 20.4 Å². The van der Waals surface area contributed by atoms with Gasteiger partial charge in [0.05, 0.1) is 26.5 Å². The van der Waals surface area contributed by atoms with E-state index < -0.39 is 5.91 Å². The van der Waals surface area contributed by atoms with Crippen molar-refractivity contribution in [2.24, 2.45) is 0 Å². The highest BCUT2D eigenvalue weighted by atomic mass is 16.5. The van der Waals surface area contributed by atoms with Gasteiger partial charge in [0.25, 0.3) is 5.91 Å². The first-order valence-corrected chi connectivity index (χ1v) is 7.10. The van der Waals surface area contributed by atoms with Crippen LogP contribution in [0.5, 0.6) is 11.5 Å². The van der Waals surface area contributed by atoms with E-state index in [9.17, 15) is 4.79 Å². The van der Waals surface area contributed by atoms with Crippen LogP contribution >= 0.6 is 0 Å². The van der Waals surface area contributed by atoms with Gasteiger partial charge in [-0.1, -0.05) is 6.92 Å². The number of rotatable bonds is 8. The van der Waals surface area contributed by atoms with Crippen LogP contribution in [0.2, 0.25) is 0 Å². The van der Waals surface area contributed by atoms with Crippen LogP contribution in [0.25, 0.3) is 0 Å². The van der Waals surface area contributed by atoms with E-state index in [0.717, 1.165) is 0 Å². The first kappa shape index (κ1) is 18.3. The molecule has 0 aliphatic carbocycles. The molecule has 0 saturated carbocycles. The monoisotopic (exact) mass is 319 g/mol. The largest absolute Gasteiger partial charge is 0.497 e. The van der Waals surface area contributed by atoms with Gasteiger partial charge in [0.15, 0.2) is 0 Å². The second-order valence-corrected chi connectivity index (χ2v) is 4.64. The standard InChI is InChI=1S/C16H21N3O4/c1-4-12(10-20)18-9-11(8-17)16(21)19-14-7-13(22-2)5-6-15(14)23-3/h5-7,9,12,18,20H,4,10H2,1-3H3,(H,19,21)/b11-9-. The van der Waals surface area contributed by atoms with Gasteiger partial charge < -0.3 is 25.2 Å². The maximum atomic E-state index is 12.2. The summed E-state index contributed by atoms with van der Waals surface area (Å²) in [4.78, 5) is 12.2. The number of aliphatic hydroxyl groups is 1. The van der Waals surface area contributed by atoms with E-state index in [0.29, 0.717) is 23.6 Å². The van der Waals surface area contributed by atoms with Crippen LogP contribution in [-0.2, 0) is 4.79 Å². The number of amides is 1. The molecule has 1 amide bonds. The van der Waals surface area contributed by atoms with Crippen LogP contribution in [0.1, 0.15) is 13.3 Å². The summed E-state index contributed by atoms with van der Waals surface area (Å²) >= 11 is 0. The fourth-order valence-electron chi connectivity index (χ4n) is 1.75. The Morgan fingerprint density at radius 1 is 1.43 bits per heavy atom. The van der Waals surface area contributed by atoms with Crippen molar-refractivity contribution in [3.63, 3.8) is 0 Å². The van der Waals surface area contributed by atoms with Crippen molar-refractivity contribution in [1.29, 1.82) is 5.26 Å². The lowest BCUT2D eigenvalue weighted by Crippen LogP contribution is -2.28. The number of aliphatic hydroxyl groups excluding tert-OH is 1. The van der Waals surface area contributed by atoms with Crippen molar-refractivity contribution in [2.45, 2.75) is 19.4 Å². The maximum absolute atomic E-state index is 12.2. The van der Waals surface area contributed by atoms with E-state index >= 15 is 0 Å². The molecule has 7 heteroatoms. The average Bonchev–Trinajstić information content (AvgIpc) is 2.58. The van der Waals surface area contributed by atoms with E-state index in [2.05, 4.69) is 10.6 Å². The molecule has 1 atom stereocenters. The third-order valence-electron chi connectivity index (χ3n) is 3.20. The van der Waals surface area contributed by atoms with Crippen molar-refractivity contribution >= 4 is 11.6 Å². The Hall–Kier alpha value is -2.72. The molecular formula is C16H21N3O4. The first-order valence-electron chi connectivity index (χ1n) is 7.10. The second-order valence-electron chi connectivity index (χ2n) is 4.64. The number of hydrogen-bond acceptors (Lipinski definition) is 6. The summed E-state index contributed by atoms with van der Waals surface area (Å²) in [6, 6.07) is 6.57. The van der Waals surface area contributed by atoms with Crippen molar-refractivity contribution in [3.05, 3.63) is 30.0 Å². The van der Waals surface area contributed by atoms with E-state index in [-0.39, 0.29) is 18.2 Å². The summed E-state index contributed by atoms with van der Waals surface area (Å²) < 4.78 is 10.3. The van der Waals surface area contributed by atoms with E-state index in [4.69, 9.17) is 19.8 Å². The second kappa shape index (κ2) is 9.33. The van der Waals surface area contributed by atoms with Crippen LogP contribution in [0.4, 0.5) is 5.69 Å². The SMILES string of the molecule is CCC(CO)N/C=C(/C#N)C(=O)Nc1cc(OC)ccc1OC. The minimum absolute atomic E-state index is 0.0863. The number of hydrogen-bond donors (Lipinski definition) is 3. The maximum Gasteiger partial charge on any atom is 0.267 e. The highest BCUT2D eigenvalue weighted by Gasteiger charge is 2.14.